The first-order chi connectivity index (χ1) is 9.83. The minimum absolute atomic E-state index is 0.258. The van der Waals surface area contributed by atoms with Gasteiger partial charge in [-0.2, -0.15) is 0 Å². The van der Waals surface area contributed by atoms with E-state index in [4.69, 9.17) is 0 Å². The van der Waals surface area contributed by atoms with Gasteiger partial charge in [-0.15, -0.1) is 0 Å². The molecule has 1 amide bonds. The molecule has 4 heteroatoms. The fourth-order valence-corrected chi connectivity index (χ4v) is 3.45. The number of nitrogens with zero attached hydrogens (tertiary/aromatic N) is 2. The van der Waals surface area contributed by atoms with E-state index in [9.17, 15) is 4.79 Å². The molecule has 0 bridgehead atoms. The number of nitrogens with one attached hydrogen (secondary N) is 1. The molecule has 4 nitrogen and oxygen atoms in total. The molecule has 1 N–H and O–H groups in total. The maximum atomic E-state index is 12.3. The molecule has 1 atom stereocenters. The molecule has 2 aliphatic heterocycles. The predicted molar refractivity (Wildman–Crippen MR) is 78.3 cm³/mol. The van der Waals surface area contributed by atoms with Crippen molar-refractivity contribution in [2.24, 2.45) is 5.92 Å². The second-order valence-electron chi connectivity index (χ2n) is 5.95. The molecule has 3 rings (SSSR count). The Kier molecular flexibility index (Phi) is 4.31. The van der Waals surface area contributed by atoms with Crippen LogP contribution < -0.4 is 5.32 Å². The van der Waals surface area contributed by atoms with Crippen LogP contribution in [0.3, 0.4) is 0 Å². The lowest BCUT2D eigenvalue weighted by molar-refractivity contribution is -0.132. The van der Waals surface area contributed by atoms with Crippen molar-refractivity contribution < 1.29 is 4.79 Å². The van der Waals surface area contributed by atoms with E-state index >= 15 is 0 Å². The summed E-state index contributed by atoms with van der Waals surface area (Å²) in [6.07, 6.45) is 8.94. The van der Waals surface area contributed by atoms with Gasteiger partial charge in [-0.25, -0.2) is 0 Å². The third-order valence-corrected chi connectivity index (χ3v) is 4.66. The molecule has 1 unspecified atom stereocenters. The minimum Gasteiger partial charge on any atom is -0.342 e. The van der Waals surface area contributed by atoms with Crippen LogP contribution in [0.5, 0.6) is 0 Å². The van der Waals surface area contributed by atoms with E-state index < -0.39 is 0 Å². The maximum absolute atomic E-state index is 12.3. The van der Waals surface area contributed by atoms with Gasteiger partial charge in [-0.05, 0) is 55.8 Å². The second-order valence-corrected chi connectivity index (χ2v) is 5.95. The topological polar surface area (TPSA) is 45.2 Å². The molecule has 108 valence electrons. The van der Waals surface area contributed by atoms with E-state index in [1.165, 1.54) is 19.4 Å². The second kappa shape index (κ2) is 6.35. The number of carbonyl (C=O) groups is 1. The molecule has 0 aromatic carbocycles. The van der Waals surface area contributed by atoms with Crippen LogP contribution in [0.1, 0.15) is 31.2 Å². The Morgan fingerprint density at radius 2 is 2.00 bits per heavy atom. The van der Waals surface area contributed by atoms with Gasteiger partial charge in [-0.1, -0.05) is 0 Å². The van der Waals surface area contributed by atoms with Gasteiger partial charge in [0.05, 0.1) is 6.42 Å². The Balaban J connectivity index is 1.49. The van der Waals surface area contributed by atoms with E-state index in [-0.39, 0.29) is 5.91 Å². The smallest absolute Gasteiger partial charge is 0.226 e. The first-order valence-electron chi connectivity index (χ1n) is 7.73. The number of amides is 1. The van der Waals surface area contributed by atoms with E-state index in [1.54, 1.807) is 12.4 Å². The van der Waals surface area contributed by atoms with Gasteiger partial charge in [0.15, 0.2) is 0 Å². The fourth-order valence-electron chi connectivity index (χ4n) is 3.45. The molecule has 20 heavy (non-hydrogen) atoms. The van der Waals surface area contributed by atoms with Crippen molar-refractivity contribution in [3.63, 3.8) is 0 Å². The zero-order chi connectivity index (χ0) is 13.8. The molecule has 1 aromatic heterocycles. The number of rotatable bonds is 3. The fraction of sp³-hybridized carbons (Fsp3) is 0.625. The Hall–Kier alpha value is -1.42. The number of likely N-dealkylation sites (tertiary alicyclic amines) is 1. The highest BCUT2D eigenvalue weighted by Crippen LogP contribution is 2.25. The number of aromatic nitrogens is 1. The summed E-state index contributed by atoms with van der Waals surface area (Å²) in [5.41, 5.74) is 1.06. The zero-order valence-corrected chi connectivity index (χ0v) is 11.9. The first-order valence-corrected chi connectivity index (χ1v) is 7.73. The summed E-state index contributed by atoms with van der Waals surface area (Å²) >= 11 is 0. The number of hydrogen-bond acceptors (Lipinski definition) is 3. The van der Waals surface area contributed by atoms with Crippen molar-refractivity contribution in [1.29, 1.82) is 0 Å². The van der Waals surface area contributed by atoms with Gasteiger partial charge in [0.2, 0.25) is 5.91 Å². The van der Waals surface area contributed by atoms with Crippen LogP contribution in [0.15, 0.2) is 24.5 Å². The lowest BCUT2D eigenvalue weighted by atomic mass is 9.88. The quantitative estimate of drug-likeness (QED) is 0.910. The average molecular weight is 273 g/mol. The molecule has 0 saturated carbocycles. The normalized spacial score (nSPS) is 24.0. The number of piperidine rings is 1. The number of carbonyl (C=O) groups excluding carboxylic acids is 1. The van der Waals surface area contributed by atoms with Gasteiger partial charge in [0.1, 0.15) is 0 Å². The highest BCUT2D eigenvalue weighted by atomic mass is 16.2. The third kappa shape index (κ3) is 3.18. The number of hydrogen-bond donors (Lipinski definition) is 1. The first kappa shape index (κ1) is 13.6. The van der Waals surface area contributed by atoms with Gasteiger partial charge >= 0.3 is 0 Å². The van der Waals surface area contributed by atoms with Crippen LogP contribution in [-0.4, -0.2) is 41.5 Å². The zero-order valence-electron chi connectivity index (χ0n) is 11.9. The molecule has 0 spiro atoms. The SMILES string of the molecule is O=C(Cc1ccncc1)N1CCC(C2CCCN2)CC1. The van der Waals surface area contributed by atoms with Crippen LogP contribution in [0.25, 0.3) is 0 Å². The standard InChI is InChI=1S/C16H23N3O/c20-16(12-13-3-8-17-9-4-13)19-10-5-14(6-11-19)15-2-1-7-18-15/h3-4,8-9,14-15,18H,1-2,5-7,10-12H2. The molecule has 2 fully saturated rings. The van der Waals surface area contributed by atoms with Crippen molar-refractivity contribution in [3.05, 3.63) is 30.1 Å². The lowest BCUT2D eigenvalue weighted by Crippen LogP contribution is -2.43. The van der Waals surface area contributed by atoms with E-state index in [1.807, 2.05) is 17.0 Å². The van der Waals surface area contributed by atoms with Crippen molar-refractivity contribution in [3.8, 4) is 0 Å². The summed E-state index contributed by atoms with van der Waals surface area (Å²) < 4.78 is 0. The summed E-state index contributed by atoms with van der Waals surface area (Å²) in [5, 5.41) is 3.60. The summed E-state index contributed by atoms with van der Waals surface area (Å²) in [4.78, 5) is 18.3. The highest BCUT2D eigenvalue weighted by Gasteiger charge is 2.29. The molecule has 3 heterocycles. The van der Waals surface area contributed by atoms with Crippen LogP contribution >= 0.6 is 0 Å². The Bertz CT molecular complexity index is 434. The predicted octanol–water partition coefficient (Wildman–Crippen LogP) is 1.61. The monoisotopic (exact) mass is 273 g/mol. The Morgan fingerprint density at radius 1 is 1.25 bits per heavy atom. The van der Waals surface area contributed by atoms with Gasteiger partial charge in [0, 0.05) is 31.5 Å². The summed E-state index contributed by atoms with van der Waals surface area (Å²) in [5.74, 6) is 1.02. The molecule has 2 saturated heterocycles. The summed E-state index contributed by atoms with van der Waals surface area (Å²) in [6, 6.07) is 4.55. The lowest BCUT2D eigenvalue weighted by Gasteiger charge is -2.35. The average Bonchev–Trinajstić information content (AvgIpc) is 3.03. The third-order valence-electron chi connectivity index (χ3n) is 4.66. The van der Waals surface area contributed by atoms with E-state index in [0.717, 1.165) is 37.4 Å². The van der Waals surface area contributed by atoms with Crippen LogP contribution in [0.2, 0.25) is 0 Å². The van der Waals surface area contributed by atoms with Gasteiger partial charge in [0.25, 0.3) is 0 Å². The van der Waals surface area contributed by atoms with E-state index in [2.05, 4.69) is 10.3 Å². The van der Waals surface area contributed by atoms with Crippen molar-refractivity contribution in [2.75, 3.05) is 19.6 Å². The van der Waals surface area contributed by atoms with Crippen LogP contribution in [-0.2, 0) is 11.2 Å². The molecular formula is C16H23N3O. The highest BCUT2D eigenvalue weighted by molar-refractivity contribution is 5.78. The summed E-state index contributed by atoms with van der Waals surface area (Å²) in [7, 11) is 0. The van der Waals surface area contributed by atoms with Crippen molar-refractivity contribution in [1.82, 2.24) is 15.2 Å². The van der Waals surface area contributed by atoms with Crippen molar-refractivity contribution in [2.45, 2.75) is 38.1 Å². The van der Waals surface area contributed by atoms with Crippen LogP contribution in [0, 0.1) is 5.92 Å². The maximum Gasteiger partial charge on any atom is 0.226 e. The van der Waals surface area contributed by atoms with Crippen LogP contribution in [0.4, 0.5) is 0 Å². The van der Waals surface area contributed by atoms with E-state index in [0.29, 0.717) is 12.5 Å². The molecule has 0 radical (unpaired) electrons. The summed E-state index contributed by atoms with van der Waals surface area (Å²) in [6.45, 7) is 3.02. The molecule has 2 aliphatic rings. The molecular weight excluding hydrogens is 250 g/mol. The van der Waals surface area contributed by atoms with Gasteiger partial charge in [-0.3, -0.25) is 9.78 Å². The molecule has 0 aliphatic carbocycles. The largest absolute Gasteiger partial charge is 0.342 e. The molecule has 1 aromatic rings. The Labute approximate surface area is 120 Å². The minimum atomic E-state index is 0.258. The number of pyridine rings is 1. The van der Waals surface area contributed by atoms with Gasteiger partial charge < -0.3 is 10.2 Å². The Morgan fingerprint density at radius 3 is 2.65 bits per heavy atom. The van der Waals surface area contributed by atoms with Crippen molar-refractivity contribution >= 4 is 5.91 Å².